The van der Waals surface area contributed by atoms with E-state index in [0.717, 1.165) is 40.7 Å². The average molecular weight is 499 g/mol. The molecule has 0 bridgehead atoms. The first kappa shape index (κ1) is 24.1. The molecule has 0 amide bonds. The molecule has 1 atom stereocenters. The Labute approximate surface area is 214 Å². The Morgan fingerprint density at radius 2 is 1.92 bits per heavy atom. The van der Waals surface area contributed by atoms with E-state index in [1.807, 2.05) is 29.8 Å². The molecule has 3 aromatic heterocycles. The predicted octanol–water partition coefficient (Wildman–Crippen LogP) is 5.28. The van der Waals surface area contributed by atoms with E-state index in [0.29, 0.717) is 19.6 Å². The number of nitrogens with zero attached hydrogens (tertiary/aromatic N) is 5. The van der Waals surface area contributed by atoms with Crippen molar-refractivity contribution in [3.8, 4) is 0 Å². The number of aromatic amines is 1. The lowest BCUT2D eigenvalue weighted by atomic mass is 10.1. The summed E-state index contributed by atoms with van der Waals surface area (Å²) in [4.78, 5) is 19.7. The zero-order chi connectivity index (χ0) is 24.9. The summed E-state index contributed by atoms with van der Waals surface area (Å²) in [6.45, 7) is 6.09. The molecule has 184 valence electrons. The predicted molar refractivity (Wildman–Crippen MR) is 144 cm³/mol. The van der Waals surface area contributed by atoms with Crippen molar-refractivity contribution in [3.05, 3.63) is 110 Å². The lowest BCUT2D eigenvalue weighted by Crippen LogP contribution is -2.32. The second kappa shape index (κ2) is 11.0. The summed E-state index contributed by atoms with van der Waals surface area (Å²) in [5.74, 6) is 0.831. The third kappa shape index (κ3) is 5.45. The first-order valence-electron chi connectivity index (χ1n) is 12.3. The first-order valence-corrected chi connectivity index (χ1v) is 13.2. The van der Waals surface area contributed by atoms with Crippen LogP contribution >= 0.6 is 11.3 Å². The molecule has 0 aliphatic rings. The van der Waals surface area contributed by atoms with E-state index in [4.69, 9.17) is 0 Å². The molecule has 5 aromatic rings. The minimum Gasteiger partial charge on any atom is -0.322 e. The maximum atomic E-state index is 13.1. The molecule has 1 N–H and O–H groups in total. The van der Waals surface area contributed by atoms with E-state index in [9.17, 15) is 4.79 Å². The number of rotatable bonds is 10. The fourth-order valence-corrected chi connectivity index (χ4v) is 5.40. The third-order valence-electron chi connectivity index (χ3n) is 6.53. The van der Waals surface area contributed by atoms with Crippen molar-refractivity contribution in [3.63, 3.8) is 0 Å². The van der Waals surface area contributed by atoms with Crippen molar-refractivity contribution in [1.29, 1.82) is 0 Å². The van der Waals surface area contributed by atoms with Crippen LogP contribution < -0.4 is 5.56 Å². The number of tetrazole rings is 1. The molecular formula is C28H30N6OS. The average Bonchev–Trinajstić information content (AvgIpc) is 3.57. The van der Waals surface area contributed by atoms with Crippen molar-refractivity contribution in [2.24, 2.45) is 0 Å². The van der Waals surface area contributed by atoms with Gasteiger partial charge in [0.05, 0.1) is 6.04 Å². The number of H-pyrrole nitrogens is 1. The lowest BCUT2D eigenvalue weighted by molar-refractivity contribution is 0.162. The highest BCUT2D eigenvalue weighted by Crippen LogP contribution is 2.28. The number of aromatic nitrogens is 5. The standard InChI is InChI=1S/C28H30N6OS/c1-3-26(27-30-31-32-34(27)14-13-21-8-5-4-6-9-21)33(19-24-10-7-15-36-24)18-23-17-22-12-11-20(2)16-25(22)29-28(23)35/h4-12,15-17,26H,3,13-14,18-19H2,1-2H3,(H,29,35). The first-order chi connectivity index (χ1) is 17.6. The molecule has 2 aromatic carbocycles. The van der Waals surface area contributed by atoms with Crippen molar-refractivity contribution < 1.29 is 0 Å². The molecule has 36 heavy (non-hydrogen) atoms. The number of nitrogens with one attached hydrogen (secondary N) is 1. The SMILES string of the molecule is CCC(c1nnnn1CCc1ccccc1)N(Cc1cccs1)Cc1cc2ccc(C)cc2[nH]c1=O. The topological polar surface area (TPSA) is 79.7 Å². The molecule has 7 nitrogen and oxygen atoms in total. The van der Waals surface area contributed by atoms with Gasteiger partial charge in [-0.2, -0.15) is 0 Å². The number of pyridine rings is 1. The summed E-state index contributed by atoms with van der Waals surface area (Å²) in [5, 5.41) is 15.9. The Balaban J connectivity index is 1.45. The van der Waals surface area contributed by atoms with Gasteiger partial charge in [0, 0.05) is 35.6 Å². The van der Waals surface area contributed by atoms with Crippen LogP contribution in [0.5, 0.6) is 0 Å². The van der Waals surface area contributed by atoms with E-state index in [1.165, 1.54) is 10.4 Å². The number of aryl methyl sites for hydroxylation is 3. The molecule has 0 aliphatic heterocycles. The highest BCUT2D eigenvalue weighted by molar-refractivity contribution is 7.09. The second-order valence-electron chi connectivity index (χ2n) is 9.12. The Morgan fingerprint density at radius 3 is 2.69 bits per heavy atom. The number of fused-ring (bicyclic) bond motifs is 1. The number of thiophene rings is 1. The van der Waals surface area contributed by atoms with E-state index in [1.54, 1.807) is 11.3 Å². The Morgan fingerprint density at radius 1 is 1.06 bits per heavy atom. The minimum absolute atomic E-state index is 0.0361. The molecule has 0 aliphatic carbocycles. The summed E-state index contributed by atoms with van der Waals surface area (Å²) in [5.41, 5.74) is 3.93. The fourth-order valence-electron chi connectivity index (χ4n) is 4.67. The maximum Gasteiger partial charge on any atom is 0.252 e. The quantitative estimate of drug-likeness (QED) is 0.283. The van der Waals surface area contributed by atoms with Crippen LogP contribution in [0.4, 0.5) is 0 Å². The van der Waals surface area contributed by atoms with Crippen molar-refractivity contribution in [1.82, 2.24) is 30.1 Å². The monoisotopic (exact) mass is 498 g/mol. The molecule has 1 unspecified atom stereocenters. The lowest BCUT2D eigenvalue weighted by Gasteiger charge is -2.30. The zero-order valence-corrected chi connectivity index (χ0v) is 21.4. The van der Waals surface area contributed by atoms with Gasteiger partial charge >= 0.3 is 0 Å². The number of hydrogen-bond donors (Lipinski definition) is 1. The van der Waals surface area contributed by atoms with Crippen LogP contribution in [0, 0.1) is 6.92 Å². The molecule has 0 radical (unpaired) electrons. The fraction of sp³-hybridized carbons (Fsp3) is 0.286. The third-order valence-corrected chi connectivity index (χ3v) is 7.39. The molecule has 0 fully saturated rings. The summed E-state index contributed by atoms with van der Waals surface area (Å²) < 4.78 is 1.91. The van der Waals surface area contributed by atoms with Gasteiger partial charge in [-0.15, -0.1) is 16.4 Å². The van der Waals surface area contributed by atoms with Gasteiger partial charge in [-0.25, -0.2) is 4.68 Å². The molecule has 0 saturated carbocycles. The summed E-state index contributed by atoms with van der Waals surface area (Å²) in [7, 11) is 0. The number of hydrogen-bond acceptors (Lipinski definition) is 6. The Hall–Kier alpha value is -3.62. The van der Waals surface area contributed by atoms with Gasteiger partial charge in [-0.05, 0) is 70.3 Å². The van der Waals surface area contributed by atoms with E-state index in [-0.39, 0.29) is 11.6 Å². The van der Waals surface area contributed by atoms with Crippen LogP contribution in [0.15, 0.2) is 76.9 Å². The highest BCUT2D eigenvalue weighted by Gasteiger charge is 2.26. The molecule has 0 spiro atoms. The molecule has 5 rings (SSSR count). The van der Waals surface area contributed by atoms with Crippen LogP contribution in [-0.4, -0.2) is 30.1 Å². The minimum atomic E-state index is -0.0530. The van der Waals surface area contributed by atoms with Gasteiger partial charge in [-0.1, -0.05) is 55.5 Å². The maximum absolute atomic E-state index is 13.1. The summed E-state index contributed by atoms with van der Waals surface area (Å²) in [6.07, 6.45) is 1.67. The van der Waals surface area contributed by atoms with Crippen LogP contribution in [-0.2, 0) is 26.1 Å². The highest BCUT2D eigenvalue weighted by atomic mass is 32.1. The second-order valence-corrected chi connectivity index (χ2v) is 10.2. The van der Waals surface area contributed by atoms with Gasteiger partial charge in [-0.3, -0.25) is 9.69 Å². The summed E-state index contributed by atoms with van der Waals surface area (Å²) in [6, 6.07) is 22.7. The van der Waals surface area contributed by atoms with Gasteiger partial charge in [0.25, 0.3) is 5.56 Å². The largest absolute Gasteiger partial charge is 0.322 e. The van der Waals surface area contributed by atoms with E-state index >= 15 is 0 Å². The Kier molecular flexibility index (Phi) is 7.34. The molecule has 0 saturated heterocycles. The van der Waals surface area contributed by atoms with Crippen LogP contribution in [0.25, 0.3) is 10.9 Å². The van der Waals surface area contributed by atoms with E-state index < -0.39 is 0 Å². The smallest absolute Gasteiger partial charge is 0.252 e. The molecular weight excluding hydrogens is 468 g/mol. The normalized spacial score (nSPS) is 12.4. The van der Waals surface area contributed by atoms with Crippen LogP contribution in [0.3, 0.4) is 0 Å². The number of benzene rings is 2. The van der Waals surface area contributed by atoms with Gasteiger partial charge in [0.15, 0.2) is 5.82 Å². The molecule has 3 heterocycles. The molecule has 8 heteroatoms. The van der Waals surface area contributed by atoms with Crippen molar-refractivity contribution in [2.45, 2.75) is 52.4 Å². The van der Waals surface area contributed by atoms with Crippen molar-refractivity contribution in [2.75, 3.05) is 0 Å². The Bertz CT molecular complexity index is 1480. The zero-order valence-electron chi connectivity index (χ0n) is 20.6. The van der Waals surface area contributed by atoms with Crippen LogP contribution in [0.1, 0.15) is 46.8 Å². The van der Waals surface area contributed by atoms with Gasteiger partial charge in [0.1, 0.15) is 0 Å². The van der Waals surface area contributed by atoms with Gasteiger partial charge < -0.3 is 4.98 Å². The van der Waals surface area contributed by atoms with Crippen molar-refractivity contribution >= 4 is 22.2 Å². The summed E-state index contributed by atoms with van der Waals surface area (Å²) >= 11 is 1.72. The van der Waals surface area contributed by atoms with Gasteiger partial charge in [0.2, 0.25) is 0 Å². The van der Waals surface area contributed by atoms with Crippen LogP contribution in [0.2, 0.25) is 0 Å². The van der Waals surface area contributed by atoms with E-state index in [2.05, 4.69) is 86.2 Å².